The fourth-order valence-corrected chi connectivity index (χ4v) is 2.69. The van der Waals surface area contributed by atoms with Crippen LogP contribution >= 0.6 is 0 Å². The van der Waals surface area contributed by atoms with Crippen LogP contribution in [0.15, 0.2) is 24.3 Å². The third-order valence-electron chi connectivity index (χ3n) is 3.66. The van der Waals surface area contributed by atoms with Crippen LogP contribution in [0.1, 0.15) is 6.42 Å². The van der Waals surface area contributed by atoms with E-state index in [4.69, 9.17) is 0 Å². The molecule has 1 aromatic rings. The maximum absolute atomic E-state index is 13.7. The molecule has 0 aliphatic carbocycles. The number of hydrogen-bond donors (Lipinski definition) is 1. The Kier molecular flexibility index (Phi) is 2.91. The Morgan fingerprint density at radius 1 is 1.28 bits per heavy atom. The number of anilines is 1. The molecule has 1 aromatic carbocycles. The molecule has 18 heavy (non-hydrogen) atoms. The molecular weight excluding hydrogens is 233 g/mol. The molecule has 0 aromatic heterocycles. The summed E-state index contributed by atoms with van der Waals surface area (Å²) < 4.78 is 13.7. The van der Waals surface area contributed by atoms with E-state index < -0.39 is 0 Å². The SMILES string of the molecule is O=C1N(c2ccccc2F)CCN1C1CCNC1. The minimum absolute atomic E-state index is 0.0752. The lowest BCUT2D eigenvalue weighted by Gasteiger charge is -2.23. The van der Waals surface area contributed by atoms with Gasteiger partial charge in [-0.2, -0.15) is 0 Å². The van der Waals surface area contributed by atoms with Crippen molar-refractivity contribution in [3.05, 3.63) is 30.1 Å². The van der Waals surface area contributed by atoms with Crippen molar-refractivity contribution in [2.45, 2.75) is 12.5 Å². The van der Waals surface area contributed by atoms with Crippen LogP contribution in [0.3, 0.4) is 0 Å². The molecule has 1 atom stereocenters. The predicted molar refractivity (Wildman–Crippen MR) is 67.1 cm³/mol. The molecule has 5 heteroatoms. The standard InChI is InChI=1S/C13H16FN3O/c14-11-3-1-2-4-12(11)17-8-7-16(13(17)18)10-5-6-15-9-10/h1-4,10,15H,5-9H2. The number of halogens is 1. The zero-order valence-corrected chi connectivity index (χ0v) is 10.1. The van der Waals surface area contributed by atoms with Crippen LogP contribution < -0.4 is 10.2 Å². The fourth-order valence-electron chi connectivity index (χ4n) is 2.69. The number of rotatable bonds is 2. The number of benzene rings is 1. The van der Waals surface area contributed by atoms with E-state index in [9.17, 15) is 9.18 Å². The van der Waals surface area contributed by atoms with E-state index in [-0.39, 0.29) is 17.9 Å². The molecule has 0 bridgehead atoms. The summed E-state index contributed by atoms with van der Waals surface area (Å²) in [6, 6.07) is 6.62. The second-order valence-corrected chi connectivity index (χ2v) is 4.73. The van der Waals surface area contributed by atoms with Crippen LogP contribution in [-0.2, 0) is 0 Å². The summed E-state index contributed by atoms with van der Waals surface area (Å²) in [6.45, 7) is 3.04. The van der Waals surface area contributed by atoms with Crippen molar-refractivity contribution in [1.82, 2.24) is 10.2 Å². The summed E-state index contributed by atoms with van der Waals surface area (Å²) in [4.78, 5) is 15.7. The molecule has 2 saturated heterocycles. The van der Waals surface area contributed by atoms with E-state index >= 15 is 0 Å². The van der Waals surface area contributed by atoms with Crippen molar-refractivity contribution >= 4 is 11.7 Å². The van der Waals surface area contributed by atoms with Gasteiger partial charge < -0.3 is 10.2 Å². The summed E-state index contributed by atoms with van der Waals surface area (Å²) in [5.41, 5.74) is 0.385. The minimum Gasteiger partial charge on any atom is -0.318 e. The van der Waals surface area contributed by atoms with Gasteiger partial charge in [-0.25, -0.2) is 9.18 Å². The highest BCUT2D eigenvalue weighted by Gasteiger charge is 2.36. The number of carbonyl (C=O) groups is 1. The quantitative estimate of drug-likeness (QED) is 0.860. The first-order valence-corrected chi connectivity index (χ1v) is 6.31. The fraction of sp³-hybridized carbons (Fsp3) is 0.462. The zero-order valence-electron chi connectivity index (χ0n) is 10.1. The van der Waals surface area contributed by atoms with Crippen LogP contribution in [0.4, 0.5) is 14.9 Å². The van der Waals surface area contributed by atoms with Crippen LogP contribution in [-0.4, -0.2) is 43.2 Å². The van der Waals surface area contributed by atoms with Crippen LogP contribution in [0.25, 0.3) is 0 Å². The van der Waals surface area contributed by atoms with Gasteiger partial charge in [-0.05, 0) is 25.1 Å². The maximum Gasteiger partial charge on any atom is 0.324 e. The molecule has 1 unspecified atom stereocenters. The molecule has 0 spiro atoms. The number of para-hydroxylation sites is 1. The molecule has 2 heterocycles. The van der Waals surface area contributed by atoms with Crippen molar-refractivity contribution in [3.8, 4) is 0 Å². The predicted octanol–water partition coefficient (Wildman–Crippen LogP) is 1.43. The van der Waals surface area contributed by atoms with Crippen molar-refractivity contribution in [2.24, 2.45) is 0 Å². The van der Waals surface area contributed by atoms with Gasteiger partial charge in [0.25, 0.3) is 0 Å². The summed E-state index contributed by atoms with van der Waals surface area (Å²) in [7, 11) is 0. The highest BCUT2D eigenvalue weighted by Crippen LogP contribution is 2.25. The smallest absolute Gasteiger partial charge is 0.318 e. The Labute approximate surface area is 105 Å². The van der Waals surface area contributed by atoms with E-state index in [1.165, 1.54) is 11.0 Å². The molecule has 4 nitrogen and oxygen atoms in total. The number of nitrogens with zero attached hydrogens (tertiary/aromatic N) is 2. The lowest BCUT2D eigenvalue weighted by molar-refractivity contribution is 0.204. The van der Waals surface area contributed by atoms with Crippen LogP contribution in [0.5, 0.6) is 0 Å². The van der Waals surface area contributed by atoms with Gasteiger partial charge in [-0.1, -0.05) is 12.1 Å². The lowest BCUT2D eigenvalue weighted by Crippen LogP contribution is -2.40. The second kappa shape index (κ2) is 4.57. The molecule has 96 valence electrons. The van der Waals surface area contributed by atoms with E-state index in [0.717, 1.165) is 19.5 Å². The summed E-state index contributed by atoms with van der Waals surface area (Å²) >= 11 is 0. The van der Waals surface area contributed by atoms with Gasteiger partial charge in [0.2, 0.25) is 0 Å². The number of urea groups is 1. The van der Waals surface area contributed by atoms with Crippen molar-refractivity contribution in [1.29, 1.82) is 0 Å². The average molecular weight is 249 g/mol. The molecule has 1 N–H and O–H groups in total. The molecule has 2 fully saturated rings. The summed E-state index contributed by atoms with van der Waals surface area (Å²) in [6.07, 6.45) is 0.983. The Bertz CT molecular complexity index is 459. The average Bonchev–Trinajstić information content (AvgIpc) is 2.99. The summed E-state index contributed by atoms with van der Waals surface area (Å²) in [5, 5.41) is 3.25. The lowest BCUT2D eigenvalue weighted by atomic mass is 10.2. The van der Waals surface area contributed by atoms with Crippen LogP contribution in [0, 0.1) is 5.82 Å². The Morgan fingerprint density at radius 3 is 2.83 bits per heavy atom. The van der Waals surface area contributed by atoms with Gasteiger partial charge in [-0.15, -0.1) is 0 Å². The molecular formula is C13H16FN3O. The first-order valence-electron chi connectivity index (χ1n) is 6.31. The first-order chi connectivity index (χ1) is 8.77. The molecule has 2 aliphatic heterocycles. The van der Waals surface area contributed by atoms with E-state index in [1.54, 1.807) is 18.2 Å². The van der Waals surface area contributed by atoms with E-state index in [2.05, 4.69) is 5.32 Å². The third-order valence-corrected chi connectivity index (χ3v) is 3.66. The highest BCUT2D eigenvalue weighted by molar-refractivity contribution is 5.94. The number of amides is 2. The van der Waals surface area contributed by atoms with Gasteiger partial charge in [0.1, 0.15) is 5.82 Å². The molecule has 0 saturated carbocycles. The van der Waals surface area contributed by atoms with E-state index in [1.807, 2.05) is 4.90 Å². The maximum atomic E-state index is 13.7. The molecule has 2 amide bonds. The monoisotopic (exact) mass is 249 g/mol. The number of hydrogen-bond acceptors (Lipinski definition) is 2. The van der Waals surface area contributed by atoms with Gasteiger partial charge in [0.05, 0.1) is 5.69 Å². The highest BCUT2D eigenvalue weighted by atomic mass is 19.1. The first kappa shape index (κ1) is 11.5. The van der Waals surface area contributed by atoms with Crippen molar-refractivity contribution in [2.75, 3.05) is 31.1 Å². The van der Waals surface area contributed by atoms with Gasteiger partial charge in [-0.3, -0.25) is 4.90 Å². The zero-order chi connectivity index (χ0) is 12.5. The third kappa shape index (κ3) is 1.84. The largest absolute Gasteiger partial charge is 0.324 e. The number of carbonyl (C=O) groups excluding carboxylic acids is 1. The Morgan fingerprint density at radius 2 is 2.11 bits per heavy atom. The van der Waals surface area contributed by atoms with Crippen LogP contribution in [0.2, 0.25) is 0 Å². The second-order valence-electron chi connectivity index (χ2n) is 4.73. The van der Waals surface area contributed by atoms with E-state index in [0.29, 0.717) is 18.8 Å². The molecule has 0 radical (unpaired) electrons. The van der Waals surface area contributed by atoms with Gasteiger partial charge >= 0.3 is 6.03 Å². The molecule has 2 aliphatic rings. The van der Waals surface area contributed by atoms with Gasteiger partial charge in [0.15, 0.2) is 0 Å². The van der Waals surface area contributed by atoms with Crippen molar-refractivity contribution < 1.29 is 9.18 Å². The number of nitrogens with one attached hydrogen (secondary N) is 1. The van der Waals surface area contributed by atoms with Crippen molar-refractivity contribution in [3.63, 3.8) is 0 Å². The Hall–Kier alpha value is -1.62. The summed E-state index contributed by atoms with van der Waals surface area (Å²) in [5.74, 6) is -0.336. The topological polar surface area (TPSA) is 35.6 Å². The molecule has 3 rings (SSSR count). The van der Waals surface area contributed by atoms with Gasteiger partial charge in [0, 0.05) is 25.7 Å². The normalized spacial score (nSPS) is 24.1. The minimum atomic E-state index is -0.336. The Balaban J connectivity index is 1.80.